The fourth-order valence-corrected chi connectivity index (χ4v) is 1.38. The lowest BCUT2D eigenvalue weighted by Crippen LogP contribution is -1.99. The first kappa shape index (κ1) is 10.5. The van der Waals surface area contributed by atoms with Crippen LogP contribution in [0.5, 0.6) is 5.75 Å². The van der Waals surface area contributed by atoms with Crippen molar-refractivity contribution in [2.45, 2.75) is 20.5 Å². The van der Waals surface area contributed by atoms with Crippen LogP contribution in [-0.4, -0.2) is 10.1 Å². The fourth-order valence-electron chi connectivity index (χ4n) is 1.38. The summed E-state index contributed by atoms with van der Waals surface area (Å²) in [7, 11) is 0. The molecular formula is C11H13N3O2. The van der Waals surface area contributed by atoms with Gasteiger partial charge in [0.15, 0.2) is 6.61 Å². The smallest absolute Gasteiger partial charge is 0.223 e. The van der Waals surface area contributed by atoms with Crippen LogP contribution in [0.25, 0.3) is 0 Å². The van der Waals surface area contributed by atoms with Crippen LogP contribution in [0.1, 0.15) is 17.3 Å². The zero-order chi connectivity index (χ0) is 11.5. The molecule has 0 unspecified atom stereocenters. The van der Waals surface area contributed by atoms with Crippen molar-refractivity contribution >= 4 is 5.69 Å². The van der Waals surface area contributed by atoms with E-state index in [0.29, 0.717) is 18.3 Å². The van der Waals surface area contributed by atoms with E-state index in [1.54, 1.807) is 13.0 Å². The number of rotatable bonds is 3. The SMILES string of the molecule is Cc1nc(COc2ccc(N)cc2C)no1. The third-order valence-electron chi connectivity index (χ3n) is 2.13. The van der Waals surface area contributed by atoms with Crippen molar-refractivity contribution in [3.8, 4) is 5.75 Å². The van der Waals surface area contributed by atoms with Crippen molar-refractivity contribution in [3.05, 3.63) is 35.5 Å². The third kappa shape index (κ3) is 2.31. The topological polar surface area (TPSA) is 74.2 Å². The van der Waals surface area contributed by atoms with Crippen LogP contribution in [-0.2, 0) is 6.61 Å². The van der Waals surface area contributed by atoms with E-state index in [1.165, 1.54) is 0 Å². The van der Waals surface area contributed by atoms with Crippen LogP contribution in [0.2, 0.25) is 0 Å². The van der Waals surface area contributed by atoms with Gasteiger partial charge in [-0.3, -0.25) is 0 Å². The molecule has 0 saturated carbocycles. The van der Waals surface area contributed by atoms with E-state index in [1.807, 2.05) is 19.1 Å². The molecule has 1 heterocycles. The fraction of sp³-hybridized carbons (Fsp3) is 0.273. The Morgan fingerprint density at radius 1 is 1.38 bits per heavy atom. The first-order valence-corrected chi connectivity index (χ1v) is 4.93. The summed E-state index contributed by atoms with van der Waals surface area (Å²) in [5.74, 6) is 1.85. The molecule has 0 saturated heterocycles. The molecule has 84 valence electrons. The normalized spacial score (nSPS) is 10.4. The van der Waals surface area contributed by atoms with Gasteiger partial charge in [-0.1, -0.05) is 5.16 Å². The molecule has 0 fully saturated rings. The number of aryl methyl sites for hydroxylation is 2. The Hall–Kier alpha value is -2.04. The number of aromatic nitrogens is 2. The summed E-state index contributed by atoms with van der Waals surface area (Å²) < 4.78 is 10.4. The van der Waals surface area contributed by atoms with Gasteiger partial charge < -0.3 is 15.0 Å². The Kier molecular flexibility index (Phi) is 2.76. The minimum absolute atomic E-state index is 0.294. The summed E-state index contributed by atoms with van der Waals surface area (Å²) in [6.45, 7) is 3.97. The van der Waals surface area contributed by atoms with E-state index < -0.39 is 0 Å². The van der Waals surface area contributed by atoms with Crippen LogP contribution in [0.3, 0.4) is 0 Å². The molecule has 0 radical (unpaired) electrons. The number of anilines is 1. The lowest BCUT2D eigenvalue weighted by atomic mass is 10.2. The van der Waals surface area contributed by atoms with Gasteiger partial charge in [0.1, 0.15) is 5.75 Å². The molecule has 0 spiro atoms. The molecule has 5 nitrogen and oxygen atoms in total. The van der Waals surface area contributed by atoms with Crippen molar-refractivity contribution in [2.75, 3.05) is 5.73 Å². The van der Waals surface area contributed by atoms with Crippen molar-refractivity contribution in [1.29, 1.82) is 0 Å². The Morgan fingerprint density at radius 3 is 2.81 bits per heavy atom. The Morgan fingerprint density at radius 2 is 2.19 bits per heavy atom. The molecule has 2 N–H and O–H groups in total. The van der Waals surface area contributed by atoms with Crippen LogP contribution in [0, 0.1) is 13.8 Å². The van der Waals surface area contributed by atoms with Crippen LogP contribution < -0.4 is 10.5 Å². The molecule has 0 aliphatic rings. The number of nitrogens with zero attached hydrogens (tertiary/aromatic N) is 2. The van der Waals surface area contributed by atoms with Gasteiger partial charge in [-0.05, 0) is 30.7 Å². The van der Waals surface area contributed by atoms with Gasteiger partial charge in [0, 0.05) is 12.6 Å². The van der Waals surface area contributed by atoms with Gasteiger partial charge in [0.25, 0.3) is 0 Å². The van der Waals surface area contributed by atoms with Crippen molar-refractivity contribution in [1.82, 2.24) is 10.1 Å². The average molecular weight is 219 g/mol. The number of nitrogen functional groups attached to an aromatic ring is 1. The van der Waals surface area contributed by atoms with Gasteiger partial charge in [-0.15, -0.1) is 0 Å². The van der Waals surface area contributed by atoms with E-state index in [4.69, 9.17) is 15.0 Å². The van der Waals surface area contributed by atoms with Gasteiger partial charge >= 0.3 is 0 Å². The zero-order valence-corrected chi connectivity index (χ0v) is 9.23. The largest absolute Gasteiger partial charge is 0.485 e. The molecule has 2 rings (SSSR count). The minimum atomic E-state index is 0.294. The molecule has 0 amide bonds. The third-order valence-corrected chi connectivity index (χ3v) is 2.13. The molecule has 16 heavy (non-hydrogen) atoms. The highest BCUT2D eigenvalue weighted by molar-refractivity contribution is 5.47. The molecule has 0 aliphatic carbocycles. The number of ether oxygens (including phenoxy) is 1. The lowest BCUT2D eigenvalue weighted by molar-refractivity contribution is 0.284. The van der Waals surface area contributed by atoms with Crippen LogP contribution >= 0.6 is 0 Å². The second-order valence-electron chi connectivity index (χ2n) is 3.54. The monoisotopic (exact) mass is 219 g/mol. The summed E-state index contributed by atoms with van der Waals surface area (Å²) in [5.41, 5.74) is 7.35. The standard InChI is InChI=1S/C11H13N3O2/c1-7-5-9(12)3-4-10(7)15-6-11-13-8(2)16-14-11/h3-5H,6,12H2,1-2H3. The van der Waals surface area contributed by atoms with Crippen LogP contribution in [0.4, 0.5) is 5.69 Å². The van der Waals surface area contributed by atoms with E-state index in [2.05, 4.69) is 10.1 Å². The first-order valence-electron chi connectivity index (χ1n) is 4.93. The minimum Gasteiger partial charge on any atom is -0.485 e. The van der Waals surface area contributed by atoms with Crippen molar-refractivity contribution < 1.29 is 9.26 Å². The van der Waals surface area contributed by atoms with Crippen LogP contribution in [0.15, 0.2) is 22.7 Å². The van der Waals surface area contributed by atoms with Crippen molar-refractivity contribution in [3.63, 3.8) is 0 Å². The summed E-state index contributed by atoms with van der Waals surface area (Å²) in [6, 6.07) is 5.48. The highest BCUT2D eigenvalue weighted by Crippen LogP contribution is 2.20. The summed E-state index contributed by atoms with van der Waals surface area (Å²) in [6.07, 6.45) is 0. The Labute approximate surface area is 93.2 Å². The maximum absolute atomic E-state index is 5.64. The van der Waals surface area contributed by atoms with E-state index in [9.17, 15) is 0 Å². The van der Waals surface area contributed by atoms with E-state index >= 15 is 0 Å². The van der Waals surface area contributed by atoms with Crippen molar-refractivity contribution in [2.24, 2.45) is 0 Å². The lowest BCUT2D eigenvalue weighted by Gasteiger charge is -2.07. The second-order valence-corrected chi connectivity index (χ2v) is 3.54. The molecule has 5 heteroatoms. The molecule has 1 aromatic carbocycles. The van der Waals surface area contributed by atoms with Gasteiger partial charge in [0.2, 0.25) is 11.7 Å². The number of hydrogen-bond donors (Lipinski definition) is 1. The maximum atomic E-state index is 5.64. The highest BCUT2D eigenvalue weighted by atomic mass is 16.5. The predicted octanol–water partition coefficient (Wildman–Crippen LogP) is 1.85. The average Bonchev–Trinajstić information content (AvgIpc) is 2.63. The zero-order valence-electron chi connectivity index (χ0n) is 9.23. The Bertz CT molecular complexity index is 494. The number of nitrogens with two attached hydrogens (primary N) is 1. The molecule has 0 bridgehead atoms. The van der Waals surface area contributed by atoms with Gasteiger partial charge in [0.05, 0.1) is 0 Å². The first-order chi connectivity index (χ1) is 7.65. The predicted molar refractivity (Wildman–Crippen MR) is 59.0 cm³/mol. The summed E-state index contributed by atoms with van der Waals surface area (Å²) in [5, 5.41) is 3.74. The molecule has 0 aliphatic heterocycles. The molecule has 0 atom stereocenters. The summed E-state index contributed by atoms with van der Waals surface area (Å²) in [4.78, 5) is 4.05. The highest BCUT2D eigenvalue weighted by Gasteiger charge is 2.04. The summed E-state index contributed by atoms with van der Waals surface area (Å²) >= 11 is 0. The van der Waals surface area contributed by atoms with E-state index in [-0.39, 0.29) is 0 Å². The molecule has 1 aromatic heterocycles. The van der Waals surface area contributed by atoms with E-state index in [0.717, 1.165) is 17.0 Å². The van der Waals surface area contributed by atoms with Gasteiger partial charge in [-0.25, -0.2) is 0 Å². The van der Waals surface area contributed by atoms with Gasteiger partial charge in [-0.2, -0.15) is 4.98 Å². The number of benzene rings is 1. The second kappa shape index (κ2) is 4.22. The number of hydrogen-bond acceptors (Lipinski definition) is 5. The Balaban J connectivity index is 2.04. The molecule has 2 aromatic rings. The molecular weight excluding hydrogens is 206 g/mol. The maximum Gasteiger partial charge on any atom is 0.223 e. The quantitative estimate of drug-likeness (QED) is 0.797.